The van der Waals surface area contributed by atoms with Gasteiger partial charge in [0, 0.05) is 6.92 Å². The van der Waals surface area contributed by atoms with Crippen LogP contribution in [0, 0.1) is 0 Å². The van der Waals surface area contributed by atoms with Crippen molar-refractivity contribution in [2.75, 3.05) is 0 Å². The van der Waals surface area contributed by atoms with Crippen LogP contribution in [0.2, 0.25) is 0 Å². The fraction of sp³-hybridized carbons (Fsp3) is 0.609. The molecule has 140 valence electrons. The van der Waals surface area contributed by atoms with Gasteiger partial charge in [-0.25, -0.2) is 0 Å². The molecule has 0 spiro atoms. The first-order chi connectivity index (χ1) is 12.2. The van der Waals surface area contributed by atoms with Gasteiger partial charge in [0.2, 0.25) is 0 Å². The predicted molar refractivity (Wildman–Crippen MR) is 108 cm³/mol. The molecular formula is C23H36O2. The number of esters is 1. The van der Waals surface area contributed by atoms with E-state index in [0.717, 1.165) is 12.0 Å². The first-order valence-electron chi connectivity index (χ1n) is 10.2. The fourth-order valence-electron chi connectivity index (χ4n) is 2.99. The van der Waals surface area contributed by atoms with Gasteiger partial charge in [-0.15, -0.1) is 0 Å². The van der Waals surface area contributed by atoms with Crippen LogP contribution >= 0.6 is 0 Å². The third-order valence-electron chi connectivity index (χ3n) is 4.40. The summed E-state index contributed by atoms with van der Waals surface area (Å²) >= 11 is 0. The number of ether oxygens (including phenoxy) is 1. The maximum Gasteiger partial charge on any atom is 0.308 e. The number of hydrogen-bond donors (Lipinski definition) is 0. The molecule has 0 N–H and O–H groups in total. The van der Waals surface area contributed by atoms with Crippen LogP contribution < -0.4 is 4.74 Å². The van der Waals surface area contributed by atoms with Crippen molar-refractivity contribution in [3.63, 3.8) is 0 Å². The number of allylic oxidation sites excluding steroid dienone is 1. The molecule has 0 amide bonds. The average molecular weight is 345 g/mol. The van der Waals surface area contributed by atoms with Gasteiger partial charge in [0.05, 0.1) is 0 Å². The van der Waals surface area contributed by atoms with Crippen LogP contribution in [0.3, 0.4) is 0 Å². The first-order valence-corrected chi connectivity index (χ1v) is 10.2. The minimum Gasteiger partial charge on any atom is -0.427 e. The highest BCUT2D eigenvalue weighted by Crippen LogP contribution is 2.16. The summed E-state index contributed by atoms with van der Waals surface area (Å²) in [5.74, 6) is 0.339. The fourth-order valence-corrected chi connectivity index (χ4v) is 2.99. The van der Waals surface area contributed by atoms with E-state index < -0.39 is 0 Å². The van der Waals surface area contributed by atoms with Gasteiger partial charge < -0.3 is 4.74 Å². The van der Waals surface area contributed by atoms with Crippen LogP contribution in [-0.4, -0.2) is 5.97 Å². The Hall–Kier alpha value is -1.57. The Bertz CT molecular complexity index is 491. The van der Waals surface area contributed by atoms with E-state index in [9.17, 15) is 4.79 Å². The molecule has 1 aromatic rings. The van der Waals surface area contributed by atoms with Gasteiger partial charge in [0.15, 0.2) is 0 Å². The maximum atomic E-state index is 11.0. The Labute approximate surface area is 154 Å². The zero-order valence-electron chi connectivity index (χ0n) is 16.3. The number of unbranched alkanes of at least 4 members (excludes halogenated alkanes) is 11. The molecule has 0 saturated carbocycles. The van der Waals surface area contributed by atoms with Crippen LogP contribution in [0.25, 0.3) is 6.08 Å². The average Bonchev–Trinajstić information content (AvgIpc) is 2.59. The molecule has 0 unspecified atom stereocenters. The highest BCUT2D eigenvalue weighted by Gasteiger charge is 1.97. The molecule has 1 rings (SSSR count). The Morgan fingerprint density at radius 3 is 2.12 bits per heavy atom. The lowest BCUT2D eigenvalue weighted by atomic mass is 10.1. The summed E-state index contributed by atoms with van der Waals surface area (Å²) in [7, 11) is 0. The van der Waals surface area contributed by atoms with E-state index in [0.29, 0.717) is 5.75 Å². The van der Waals surface area contributed by atoms with Crippen molar-refractivity contribution in [3.05, 3.63) is 35.9 Å². The topological polar surface area (TPSA) is 26.3 Å². The van der Waals surface area contributed by atoms with Crippen LogP contribution in [-0.2, 0) is 4.79 Å². The minimum absolute atomic E-state index is 0.276. The third-order valence-corrected chi connectivity index (χ3v) is 4.40. The van der Waals surface area contributed by atoms with Gasteiger partial charge in [-0.1, -0.05) is 95.4 Å². The second-order valence-corrected chi connectivity index (χ2v) is 6.89. The van der Waals surface area contributed by atoms with Crippen LogP contribution in [0.1, 0.15) is 96.5 Å². The van der Waals surface area contributed by atoms with E-state index in [1.165, 1.54) is 77.6 Å². The normalized spacial score (nSPS) is 11.1. The van der Waals surface area contributed by atoms with Crippen LogP contribution in [0.4, 0.5) is 0 Å². The summed E-state index contributed by atoms with van der Waals surface area (Å²) in [5.41, 5.74) is 1.09. The Balaban J connectivity index is 2.00. The van der Waals surface area contributed by atoms with Gasteiger partial charge >= 0.3 is 5.97 Å². The smallest absolute Gasteiger partial charge is 0.308 e. The summed E-state index contributed by atoms with van der Waals surface area (Å²) in [6.07, 6.45) is 20.6. The highest BCUT2D eigenvalue weighted by molar-refractivity contribution is 5.69. The van der Waals surface area contributed by atoms with Crippen molar-refractivity contribution < 1.29 is 9.53 Å². The van der Waals surface area contributed by atoms with Crippen molar-refractivity contribution in [3.8, 4) is 5.75 Å². The van der Waals surface area contributed by atoms with Crippen molar-refractivity contribution in [1.29, 1.82) is 0 Å². The molecule has 0 bridgehead atoms. The molecule has 2 nitrogen and oxygen atoms in total. The third kappa shape index (κ3) is 12.4. The molecule has 0 aliphatic heterocycles. The Morgan fingerprint density at radius 2 is 1.52 bits per heavy atom. The molecule has 0 saturated heterocycles. The standard InChI is InChI=1S/C23H36O2/c1-3-4-5-6-7-8-9-10-11-12-13-14-15-17-22-18-16-19-23(20-22)25-21(2)24/h15-20H,3-14H2,1-2H3. The summed E-state index contributed by atoms with van der Waals surface area (Å²) in [6.45, 7) is 3.70. The highest BCUT2D eigenvalue weighted by atomic mass is 16.5. The second kappa shape index (κ2) is 14.7. The SMILES string of the molecule is CCCCCCCCCCCCCC=Cc1cccc(OC(C)=O)c1. The molecular weight excluding hydrogens is 308 g/mol. The van der Waals surface area contributed by atoms with E-state index in [4.69, 9.17) is 4.74 Å². The molecule has 2 heteroatoms. The van der Waals surface area contributed by atoms with Crippen molar-refractivity contribution in [1.82, 2.24) is 0 Å². The zero-order chi connectivity index (χ0) is 18.2. The van der Waals surface area contributed by atoms with E-state index in [1.807, 2.05) is 24.3 Å². The molecule has 0 heterocycles. The summed E-state index contributed by atoms with van der Waals surface area (Å²) in [6, 6.07) is 7.66. The monoisotopic (exact) mass is 344 g/mol. The molecule has 0 aliphatic carbocycles. The lowest BCUT2D eigenvalue weighted by Gasteiger charge is -2.02. The van der Waals surface area contributed by atoms with E-state index >= 15 is 0 Å². The molecule has 0 aromatic heterocycles. The molecule has 0 atom stereocenters. The zero-order valence-corrected chi connectivity index (χ0v) is 16.3. The number of benzene rings is 1. The van der Waals surface area contributed by atoms with Gasteiger partial charge in [0.1, 0.15) is 5.75 Å². The Morgan fingerprint density at radius 1 is 0.920 bits per heavy atom. The van der Waals surface area contributed by atoms with E-state index in [-0.39, 0.29) is 5.97 Å². The van der Waals surface area contributed by atoms with Crippen molar-refractivity contribution >= 4 is 12.0 Å². The van der Waals surface area contributed by atoms with Crippen molar-refractivity contribution in [2.24, 2.45) is 0 Å². The van der Waals surface area contributed by atoms with Gasteiger partial charge in [-0.2, -0.15) is 0 Å². The molecule has 0 fully saturated rings. The molecule has 0 aliphatic rings. The largest absolute Gasteiger partial charge is 0.427 e. The number of hydrogen-bond acceptors (Lipinski definition) is 2. The predicted octanol–water partition coefficient (Wildman–Crippen LogP) is 7.33. The summed E-state index contributed by atoms with van der Waals surface area (Å²) < 4.78 is 5.10. The van der Waals surface area contributed by atoms with Gasteiger partial charge in [-0.3, -0.25) is 4.79 Å². The Kier molecular flexibility index (Phi) is 12.7. The van der Waals surface area contributed by atoms with Crippen LogP contribution in [0.5, 0.6) is 5.75 Å². The van der Waals surface area contributed by atoms with E-state index in [2.05, 4.69) is 19.1 Å². The lowest BCUT2D eigenvalue weighted by molar-refractivity contribution is -0.131. The molecule has 0 radical (unpaired) electrons. The number of carbonyl (C=O) groups excluding carboxylic acids is 1. The summed E-state index contributed by atoms with van der Waals surface area (Å²) in [5, 5.41) is 0. The quantitative estimate of drug-likeness (QED) is 0.201. The van der Waals surface area contributed by atoms with Gasteiger partial charge in [-0.05, 0) is 30.5 Å². The molecule has 1 aromatic carbocycles. The molecule has 25 heavy (non-hydrogen) atoms. The number of carbonyl (C=O) groups is 1. The van der Waals surface area contributed by atoms with Crippen molar-refractivity contribution in [2.45, 2.75) is 90.9 Å². The van der Waals surface area contributed by atoms with Crippen LogP contribution in [0.15, 0.2) is 30.3 Å². The van der Waals surface area contributed by atoms with E-state index in [1.54, 1.807) is 0 Å². The first kappa shape index (κ1) is 21.5. The van der Waals surface area contributed by atoms with Gasteiger partial charge in [0.25, 0.3) is 0 Å². The lowest BCUT2D eigenvalue weighted by Crippen LogP contribution is -2.00. The second-order valence-electron chi connectivity index (χ2n) is 6.89. The summed E-state index contributed by atoms with van der Waals surface area (Å²) in [4.78, 5) is 11.0. The number of rotatable bonds is 14. The minimum atomic E-state index is -0.276. The maximum absolute atomic E-state index is 11.0.